The predicted molar refractivity (Wildman–Crippen MR) is 160 cm³/mol. The van der Waals surface area contributed by atoms with Crippen molar-refractivity contribution in [3.05, 3.63) is 35.9 Å². The van der Waals surface area contributed by atoms with E-state index in [0.29, 0.717) is 47.8 Å². The molecule has 4 saturated carbocycles. The number of piperidine rings is 1. The van der Waals surface area contributed by atoms with E-state index in [1.54, 1.807) is 0 Å². The monoisotopic (exact) mass is 549 g/mol. The highest BCUT2D eigenvalue weighted by atomic mass is 16.3. The zero-order valence-corrected chi connectivity index (χ0v) is 25.4. The van der Waals surface area contributed by atoms with Crippen LogP contribution in [-0.4, -0.2) is 46.3 Å². The number of hydrogen-bond donors (Lipinski definition) is 2. The summed E-state index contributed by atoms with van der Waals surface area (Å²) in [6.45, 7) is 9.11. The highest BCUT2D eigenvalue weighted by Crippen LogP contribution is 2.68. The second-order valence-electron chi connectivity index (χ2n) is 15.4. The van der Waals surface area contributed by atoms with E-state index >= 15 is 0 Å². The minimum absolute atomic E-state index is 0.0171. The van der Waals surface area contributed by atoms with Crippen LogP contribution in [0.15, 0.2) is 30.3 Å². The van der Waals surface area contributed by atoms with Crippen LogP contribution in [-0.2, 0) is 11.2 Å². The number of likely N-dealkylation sites (tertiary alicyclic amines) is 1. The third-order valence-electron chi connectivity index (χ3n) is 13.7. The lowest BCUT2D eigenvalue weighted by molar-refractivity contribution is -0.175. The van der Waals surface area contributed by atoms with Crippen LogP contribution in [0.2, 0.25) is 0 Å². The Bertz CT molecular complexity index is 1020. The van der Waals surface area contributed by atoms with Crippen LogP contribution in [0, 0.1) is 52.3 Å². The van der Waals surface area contributed by atoms with Gasteiger partial charge in [0, 0.05) is 19.5 Å². The summed E-state index contributed by atoms with van der Waals surface area (Å²) in [6, 6.07) is 10.8. The minimum Gasteiger partial charge on any atom is -0.393 e. The van der Waals surface area contributed by atoms with Gasteiger partial charge in [-0.05, 0) is 135 Å². The lowest BCUT2D eigenvalue weighted by Gasteiger charge is -2.62. The van der Waals surface area contributed by atoms with Crippen LogP contribution in [0.5, 0.6) is 0 Å². The van der Waals surface area contributed by atoms with Gasteiger partial charge in [0.05, 0.1) is 12.2 Å². The van der Waals surface area contributed by atoms with Crippen molar-refractivity contribution in [2.45, 2.75) is 116 Å². The quantitative estimate of drug-likeness (QED) is 0.407. The number of fused-ring (bicyclic) bond motifs is 5. The lowest BCUT2D eigenvalue weighted by atomic mass is 9.43. The Morgan fingerprint density at radius 3 is 2.45 bits per heavy atom. The summed E-state index contributed by atoms with van der Waals surface area (Å²) < 4.78 is 0. The SMILES string of the molecule is C[C@H](CCC(=O)N1CCC(Cc2ccccc2)CC1)[C@H]1CC[C@H]2[C@@H]3CC[C@@H]4C[C@H](O)CC[C@]4(C)[C@H]3C[C@H](O)[C@]12C. The fourth-order valence-electron chi connectivity index (χ4n) is 11.2. The second kappa shape index (κ2) is 11.4. The number of carbonyl (C=O) groups is 1. The summed E-state index contributed by atoms with van der Waals surface area (Å²) in [5.74, 6) is 4.58. The zero-order chi connectivity index (χ0) is 28.1. The summed E-state index contributed by atoms with van der Waals surface area (Å²) in [5, 5.41) is 22.2. The summed E-state index contributed by atoms with van der Waals surface area (Å²) in [5.41, 5.74) is 1.69. The van der Waals surface area contributed by atoms with Gasteiger partial charge < -0.3 is 15.1 Å². The Morgan fingerprint density at radius 1 is 0.950 bits per heavy atom. The molecule has 4 aliphatic carbocycles. The Labute approximate surface area is 243 Å². The topological polar surface area (TPSA) is 60.8 Å². The summed E-state index contributed by atoms with van der Waals surface area (Å²) in [7, 11) is 0. The molecule has 1 heterocycles. The third-order valence-corrected chi connectivity index (χ3v) is 13.7. The van der Waals surface area contributed by atoms with Crippen molar-refractivity contribution >= 4 is 5.91 Å². The molecule has 4 nitrogen and oxygen atoms in total. The van der Waals surface area contributed by atoms with Crippen LogP contribution in [0.3, 0.4) is 0 Å². The van der Waals surface area contributed by atoms with E-state index in [0.717, 1.165) is 70.4 Å². The molecule has 0 unspecified atom stereocenters. The number of aliphatic hydroxyl groups is 2. The van der Waals surface area contributed by atoms with Crippen molar-refractivity contribution in [3.8, 4) is 0 Å². The molecule has 4 heteroatoms. The Balaban J connectivity index is 1.03. The van der Waals surface area contributed by atoms with Crippen LogP contribution in [0.1, 0.15) is 103 Å². The van der Waals surface area contributed by atoms with Gasteiger partial charge in [0.2, 0.25) is 5.91 Å². The summed E-state index contributed by atoms with van der Waals surface area (Å²) in [6.07, 6.45) is 13.6. The van der Waals surface area contributed by atoms with Gasteiger partial charge in [0.1, 0.15) is 0 Å². The third kappa shape index (κ3) is 5.08. The number of amides is 1. The van der Waals surface area contributed by atoms with Crippen molar-refractivity contribution < 1.29 is 15.0 Å². The molecule has 1 aliphatic heterocycles. The maximum Gasteiger partial charge on any atom is 0.222 e. The van der Waals surface area contributed by atoms with Gasteiger partial charge in [0.15, 0.2) is 0 Å². The van der Waals surface area contributed by atoms with Gasteiger partial charge in [-0.15, -0.1) is 0 Å². The average molecular weight is 550 g/mol. The van der Waals surface area contributed by atoms with Crippen molar-refractivity contribution in [1.82, 2.24) is 4.90 Å². The van der Waals surface area contributed by atoms with E-state index in [-0.39, 0.29) is 23.0 Å². The predicted octanol–water partition coefficient (Wildman–Crippen LogP) is 6.87. The van der Waals surface area contributed by atoms with Crippen molar-refractivity contribution in [1.29, 1.82) is 0 Å². The molecule has 0 aromatic heterocycles. The van der Waals surface area contributed by atoms with Crippen molar-refractivity contribution in [2.75, 3.05) is 13.1 Å². The molecule has 222 valence electrons. The summed E-state index contributed by atoms with van der Waals surface area (Å²) in [4.78, 5) is 15.4. The lowest BCUT2D eigenvalue weighted by Crippen LogP contribution is -2.58. The average Bonchev–Trinajstić information content (AvgIpc) is 3.32. The van der Waals surface area contributed by atoms with Crippen LogP contribution >= 0.6 is 0 Å². The Hall–Kier alpha value is -1.39. The first kappa shape index (κ1) is 28.7. The second-order valence-corrected chi connectivity index (χ2v) is 15.4. The number of nitrogens with zero attached hydrogens (tertiary/aromatic N) is 1. The number of carbonyl (C=O) groups excluding carboxylic acids is 1. The fraction of sp³-hybridized carbons (Fsp3) is 0.806. The van der Waals surface area contributed by atoms with Gasteiger partial charge in [-0.2, -0.15) is 0 Å². The molecule has 1 amide bonds. The van der Waals surface area contributed by atoms with Crippen LogP contribution in [0.25, 0.3) is 0 Å². The molecule has 5 fully saturated rings. The first-order chi connectivity index (χ1) is 19.2. The standard InChI is InChI=1S/C36H55NO3/c1-24(9-14-34(40)37-19-16-26(17-20-37)21-25-7-5-4-6-8-25)30-12-13-31-29-11-10-27-22-28(38)15-18-35(27,2)32(29)23-33(39)36(30,31)3/h4-8,24,26-33,38-39H,9-23H2,1-3H3/t24-,27-,28-,29+,30-,31+,32+,33+,35+,36-/m1/s1. The molecule has 6 rings (SSSR count). The first-order valence-electron chi connectivity index (χ1n) is 16.9. The van der Waals surface area contributed by atoms with Gasteiger partial charge in [-0.3, -0.25) is 4.79 Å². The zero-order valence-electron chi connectivity index (χ0n) is 25.4. The first-order valence-corrected chi connectivity index (χ1v) is 16.9. The molecule has 1 aromatic carbocycles. The van der Waals surface area contributed by atoms with E-state index in [1.165, 1.54) is 31.2 Å². The van der Waals surface area contributed by atoms with Gasteiger partial charge in [-0.25, -0.2) is 0 Å². The molecular formula is C36H55NO3. The number of aliphatic hydroxyl groups excluding tert-OH is 2. The molecule has 10 atom stereocenters. The highest BCUT2D eigenvalue weighted by molar-refractivity contribution is 5.76. The van der Waals surface area contributed by atoms with Crippen molar-refractivity contribution in [2.24, 2.45) is 52.3 Å². The van der Waals surface area contributed by atoms with E-state index in [1.807, 2.05) is 0 Å². The molecular weight excluding hydrogens is 494 g/mol. The number of benzene rings is 1. The smallest absolute Gasteiger partial charge is 0.222 e. The highest BCUT2D eigenvalue weighted by Gasteiger charge is 2.63. The van der Waals surface area contributed by atoms with Crippen LogP contribution < -0.4 is 0 Å². The maximum absolute atomic E-state index is 13.2. The molecule has 40 heavy (non-hydrogen) atoms. The molecule has 2 N–H and O–H groups in total. The van der Waals surface area contributed by atoms with E-state index < -0.39 is 0 Å². The largest absolute Gasteiger partial charge is 0.393 e. The van der Waals surface area contributed by atoms with E-state index in [9.17, 15) is 15.0 Å². The number of rotatable bonds is 6. The van der Waals surface area contributed by atoms with Gasteiger partial charge in [-0.1, -0.05) is 51.1 Å². The Kier molecular flexibility index (Phi) is 8.16. The van der Waals surface area contributed by atoms with E-state index in [4.69, 9.17) is 0 Å². The molecule has 0 bridgehead atoms. The molecule has 1 aromatic rings. The van der Waals surface area contributed by atoms with E-state index in [2.05, 4.69) is 56.0 Å². The summed E-state index contributed by atoms with van der Waals surface area (Å²) >= 11 is 0. The maximum atomic E-state index is 13.2. The number of hydrogen-bond acceptors (Lipinski definition) is 3. The molecule has 0 spiro atoms. The normalized spacial score (nSPS) is 42.5. The van der Waals surface area contributed by atoms with Crippen LogP contribution in [0.4, 0.5) is 0 Å². The van der Waals surface area contributed by atoms with Gasteiger partial charge >= 0.3 is 0 Å². The molecule has 5 aliphatic rings. The fourth-order valence-corrected chi connectivity index (χ4v) is 11.2. The van der Waals surface area contributed by atoms with Gasteiger partial charge in [0.25, 0.3) is 0 Å². The molecule has 0 radical (unpaired) electrons. The minimum atomic E-state index is -0.240. The Morgan fingerprint density at radius 2 is 1.70 bits per heavy atom. The molecule has 1 saturated heterocycles. The van der Waals surface area contributed by atoms with Crippen molar-refractivity contribution in [3.63, 3.8) is 0 Å².